The van der Waals surface area contributed by atoms with Crippen molar-refractivity contribution in [3.63, 3.8) is 0 Å². The molecule has 5 heteroatoms. The molecule has 0 fully saturated rings. The molecule has 1 atom stereocenters. The van der Waals surface area contributed by atoms with Gasteiger partial charge in [0.15, 0.2) is 11.7 Å². The molecule has 0 unspecified atom stereocenters. The molecule has 1 aliphatic carbocycles. The van der Waals surface area contributed by atoms with Gasteiger partial charge >= 0.3 is 0 Å². The monoisotopic (exact) mass is 330 g/mol. The molecule has 1 heterocycles. The van der Waals surface area contributed by atoms with Crippen molar-refractivity contribution in [2.75, 3.05) is 11.9 Å². The topological polar surface area (TPSA) is 51.2 Å². The molecule has 1 aromatic heterocycles. The van der Waals surface area contributed by atoms with E-state index in [4.69, 9.17) is 4.74 Å². The highest BCUT2D eigenvalue weighted by Crippen LogP contribution is 2.32. The van der Waals surface area contributed by atoms with E-state index in [2.05, 4.69) is 24.1 Å². The Morgan fingerprint density at radius 3 is 2.91 bits per heavy atom. The number of anilines is 1. The molecular formula is C18H22N2O2S. The van der Waals surface area contributed by atoms with Crippen molar-refractivity contribution < 1.29 is 9.53 Å². The summed E-state index contributed by atoms with van der Waals surface area (Å²) < 4.78 is 5.52. The van der Waals surface area contributed by atoms with E-state index >= 15 is 0 Å². The van der Waals surface area contributed by atoms with Crippen molar-refractivity contribution in [1.29, 1.82) is 0 Å². The maximum Gasteiger partial charge on any atom is 0.264 e. The fraction of sp³-hybridized carbons (Fsp3) is 0.444. The summed E-state index contributed by atoms with van der Waals surface area (Å²) in [5.41, 5.74) is 2.41. The predicted molar refractivity (Wildman–Crippen MR) is 93.2 cm³/mol. The number of carbonyl (C=O) groups is 1. The van der Waals surface area contributed by atoms with Gasteiger partial charge in [-0.2, -0.15) is 0 Å². The maximum atomic E-state index is 12.0. The van der Waals surface area contributed by atoms with Gasteiger partial charge in [-0.05, 0) is 49.3 Å². The normalized spacial score (nSPS) is 16.7. The second-order valence-corrected chi connectivity index (χ2v) is 7.15. The first-order valence-corrected chi connectivity index (χ1v) is 8.96. The minimum atomic E-state index is -0.163. The van der Waals surface area contributed by atoms with Gasteiger partial charge in [0.05, 0.1) is 5.69 Å². The Balaban J connectivity index is 1.53. The maximum absolute atomic E-state index is 12.0. The second-order valence-electron chi connectivity index (χ2n) is 6.07. The Hall–Kier alpha value is -1.88. The standard InChI is InChI=1S/C18H22N2O2S/c1-3-13-5-7-14(8-6-13)22-11-17(21)20-18-19-15-9-4-12(2)10-16(15)23-18/h5-8,12H,3-4,9-11H2,1-2H3,(H,19,20,21)/t12-/m1/s1. The lowest BCUT2D eigenvalue weighted by Gasteiger charge is -2.15. The van der Waals surface area contributed by atoms with Crippen molar-refractivity contribution in [1.82, 2.24) is 4.98 Å². The zero-order valence-electron chi connectivity index (χ0n) is 13.6. The molecule has 122 valence electrons. The highest BCUT2D eigenvalue weighted by Gasteiger charge is 2.20. The van der Waals surface area contributed by atoms with E-state index in [1.54, 1.807) is 11.3 Å². The van der Waals surface area contributed by atoms with Crippen LogP contribution in [0, 0.1) is 5.92 Å². The van der Waals surface area contributed by atoms with E-state index < -0.39 is 0 Å². The van der Waals surface area contributed by atoms with Gasteiger partial charge in [0.25, 0.3) is 5.91 Å². The zero-order chi connectivity index (χ0) is 16.2. The average molecular weight is 330 g/mol. The number of hydrogen-bond donors (Lipinski definition) is 1. The zero-order valence-corrected chi connectivity index (χ0v) is 14.4. The van der Waals surface area contributed by atoms with Crippen molar-refractivity contribution in [2.24, 2.45) is 5.92 Å². The minimum Gasteiger partial charge on any atom is -0.484 e. The van der Waals surface area contributed by atoms with Gasteiger partial charge in [0.1, 0.15) is 5.75 Å². The number of carbonyl (C=O) groups excluding carboxylic acids is 1. The fourth-order valence-corrected chi connectivity index (χ4v) is 3.91. The van der Waals surface area contributed by atoms with Crippen LogP contribution in [0.25, 0.3) is 0 Å². The van der Waals surface area contributed by atoms with Crippen LogP contribution < -0.4 is 10.1 Å². The summed E-state index contributed by atoms with van der Waals surface area (Å²) in [5.74, 6) is 1.26. The smallest absolute Gasteiger partial charge is 0.264 e. The molecule has 0 spiro atoms. The van der Waals surface area contributed by atoms with E-state index in [0.717, 1.165) is 25.0 Å². The molecule has 1 N–H and O–H groups in total. The lowest BCUT2D eigenvalue weighted by Crippen LogP contribution is -2.20. The minimum absolute atomic E-state index is 0.00607. The molecule has 4 nitrogen and oxygen atoms in total. The molecule has 1 aliphatic rings. The number of thiazole rings is 1. The highest BCUT2D eigenvalue weighted by molar-refractivity contribution is 7.15. The molecule has 23 heavy (non-hydrogen) atoms. The largest absolute Gasteiger partial charge is 0.484 e. The lowest BCUT2D eigenvalue weighted by atomic mass is 9.93. The Morgan fingerprint density at radius 2 is 2.17 bits per heavy atom. The van der Waals surface area contributed by atoms with Crippen LogP contribution >= 0.6 is 11.3 Å². The molecule has 0 saturated carbocycles. The quantitative estimate of drug-likeness (QED) is 0.906. The molecule has 0 radical (unpaired) electrons. The molecule has 3 rings (SSSR count). The van der Waals surface area contributed by atoms with Crippen LogP contribution in [0.2, 0.25) is 0 Å². The first kappa shape index (κ1) is 16.0. The van der Waals surface area contributed by atoms with Crippen molar-refractivity contribution in [2.45, 2.75) is 39.5 Å². The Bertz CT molecular complexity index is 679. The van der Waals surface area contributed by atoms with E-state index in [1.807, 2.05) is 24.3 Å². The number of ether oxygens (including phenoxy) is 1. The summed E-state index contributed by atoms with van der Waals surface area (Å²) in [7, 11) is 0. The number of amides is 1. The van der Waals surface area contributed by atoms with Crippen molar-refractivity contribution >= 4 is 22.4 Å². The van der Waals surface area contributed by atoms with Gasteiger partial charge < -0.3 is 4.74 Å². The van der Waals surface area contributed by atoms with Gasteiger partial charge in [-0.3, -0.25) is 10.1 Å². The summed E-state index contributed by atoms with van der Waals surface area (Å²) in [6, 6.07) is 7.83. The number of hydrogen-bond acceptors (Lipinski definition) is 4. The molecule has 2 aromatic rings. The predicted octanol–water partition coefficient (Wildman–Crippen LogP) is 3.85. The molecule has 1 aromatic carbocycles. The SMILES string of the molecule is CCc1ccc(OCC(=O)Nc2nc3c(s2)C[C@H](C)CC3)cc1. The van der Waals surface area contributed by atoms with Crippen LogP contribution in [-0.2, 0) is 24.1 Å². The van der Waals surface area contributed by atoms with Gasteiger partial charge in [0.2, 0.25) is 0 Å². The fourth-order valence-electron chi connectivity index (χ4n) is 2.72. The Kier molecular flexibility index (Phi) is 4.96. The number of fused-ring (bicyclic) bond motifs is 1. The van der Waals surface area contributed by atoms with Crippen LogP contribution in [-0.4, -0.2) is 17.5 Å². The van der Waals surface area contributed by atoms with Crippen molar-refractivity contribution in [3.05, 3.63) is 40.4 Å². The number of nitrogens with one attached hydrogen (secondary N) is 1. The van der Waals surface area contributed by atoms with Crippen LogP contribution in [0.5, 0.6) is 5.75 Å². The first-order chi connectivity index (χ1) is 11.1. The molecule has 0 bridgehead atoms. The number of aromatic nitrogens is 1. The third kappa shape index (κ3) is 4.10. The number of aryl methyl sites for hydroxylation is 2. The average Bonchev–Trinajstić information content (AvgIpc) is 2.94. The summed E-state index contributed by atoms with van der Waals surface area (Å²) in [6.45, 7) is 4.38. The summed E-state index contributed by atoms with van der Waals surface area (Å²) >= 11 is 1.60. The van der Waals surface area contributed by atoms with E-state index in [-0.39, 0.29) is 12.5 Å². The Labute approximate surface area is 140 Å². The number of benzene rings is 1. The second kappa shape index (κ2) is 7.13. The number of nitrogens with zero attached hydrogens (tertiary/aromatic N) is 1. The van der Waals surface area contributed by atoms with Gasteiger partial charge in [-0.15, -0.1) is 11.3 Å². The van der Waals surface area contributed by atoms with Crippen molar-refractivity contribution in [3.8, 4) is 5.75 Å². The lowest BCUT2D eigenvalue weighted by molar-refractivity contribution is -0.118. The highest BCUT2D eigenvalue weighted by atomic mass is 32.1. The van der Waals surface area contributed by atoms with Crippen LogP contribution in [0.15, 0.2) is 24.3 Å². The van der Waals surface area contributed by atoms with E-state index in [0.29, 0.717) is 16.8 Å². The molecule has 0 saturated heterocycles. The van der Waals surface area contributed by atoms with Crippen LogP contribution in [0.1, 0.15) is 36.4 Å². The first-order valence-electron chi connectivity index (χ1n) is 8.14. The Morgan fingerprint density at radius 1 is 1.39 bits per heavy atom. The van der Waals surface area contributed by atoms with Gasteiger partial charge in [-0.1, -0.05) is 26.0 Å². The molecule has 1 amide bonds. The third-order valence-electron chi connectivity index (χ3n) is 4.13. The molecular weight excluding hydrogens is 308 g/mol. The van der Waals surface area contributed by atoms with Gasteiger partial charge in [-0.25, -0.2) is 4.98 Å². The van der Waals surface area contributed by atoms with Gasteiger partial charge in [0, 0.05) is 4.88 Å². The molecule has 0 aliphatic heterocycles. The van der Waals surface area contributed by atoms with Crippen LogP contribution in [0.3, 0.4) is 0 Å². The summed E-state index contributed by atoms with van der Waals surface area (Å²) in [5, 5.41) is 3.54. The van der Waals surface area contributed by atoms with Crippen LogP contribution in [0.4, 0.5) is 5.13 Å². The van der Waals surface area contributed by atoms with E-state index in [1.165, 1.54) is 16.9 Å². The number of rotatable bonds is 5. The van der Waals surface area contributed by atoms with E-state index in [9.17, 15) is 4.79 Å². The summed E-state index contributed by atoms with van der Waals surface area (Å²) in [4.78, 5) is 17.9. The third-order valence-corrected chi connectivity index (χ3v) is 5.17. The summed E-state index contributed by atoms with van der Waals surface area (Å²) in [6.07, 6.45) is 4.27.